The maximum atomic E-state index is 5.65. The van der Waals surface area contributed by atoms with Gasteiger partial charge in [0, 0.05) is 38.5 Å². The zero-order chi connectivity index (χ0) is 13.7. The van der Waals surface area contributed by atoms with E-state index >= 15 is 0 Å². The van der Waals surface area contributed by atoms with Gasteiger partial charge in [-0.25, -0.2) is 4.98 Å². The van der Waals surface area contributed by atoms with Crippen molar-refractivity contribution < 1.29 is 4.74 Å². The van der Waals surface area contributed by atoms with Gasteiger partial charge < -0.3 is 10.1 Å². The van der Waals surface area contributed by atoms with E-state index in [4.69, 9.17) is 4.74 Å². The predicted octanol–water partition coefficient (Wildman–Crippen LogP) is 2.51. The van der Waals surface area contributed by atoms with Gasteiger partial charge in [-0.15, -0.1) is 0 Å². The van der Waals surface area contributed by atoms with E-state index in [1.54, 1.807) is 0 Å². The number of rotatable bonds is 5. The number of piperidine rings is 1. The summed E-state index contributed by atoms with van der Waals surface area (Å²) in [5, 5.41) is 3.33. The van der Waals surface area contributed by atoms with Crippen molar-refractivity contribution in [2.24, 2.45) is 0 Å². The molecule has 1 unspecified atom stereocenters. The summed E-state index contributed by atoms with van der Waals surface area (Å²) in [7, 11) is 1.82. The van der Waals surface area contributed by atoms with Crippen molar-refractivity contribution in [3.05, 3.63) is 23.9 Å². The Labute approximate surface area is 116 Å². The fraction of sp³-hybridized carbons (Fsp3) is 0.667. The number of nitrogens with zero attached hydrogens (tertiary/aromatic N) is 2. The summed E-state index contributed by atoms with van der Waals surface area (Å²) in [5.74, 6) is 1.01. The molecule has 0 aromatic carbocycles. The predicted molar refractivity (Wildman–Crippen MR) is 78.3 cm³/mol. The minimum Gasteiger partial charge on any atom is -0.377 e. The molecule has 1 N–H and O–H groups in total. The van der Waals surface area contributed by atoms with E-state index in [1.807, 2.05) is 19.4 Å². The first-order valence-corrected chi connectivity index (χ1v) is 7.12. The van der Waals surface area contributed by atoms with Gasteiger partial charge in [0.2, 0.25) is 0 Å². The molecular formula is C15H25N3O. The topological polar surface area (TPSA) is 37.4 Å². The van der Waals surface area contributed by atoms with E-state index in [1.165, 1.54) is 12.0 Å². The van der Waals surface area contributed by atoms with Crippen molar-refractivity contribution in [2.75, 3.05) is 32.1 Å². The molecule has 0 radical (unpaired) electrons. The number of nitrogens with one attached hydrogen (secondary N) is 1. The van der Waals surface area contributed by atoms with Gasteiger partial charge in [-0.1, -0.05) is 6.07 Å². The second-order valence-electron chi connectivity index (χ2n) is 5.51. The van der Waals surface area contributed by atoms with Crippen LogP contribution in [0.3, 0.4) is 0 Å². The number of methoxy groups -OCH3 is 1. The maximum absolute atomic E-state index is 5.65. The molecule has 4 heteroatoms. The minimum atomic E-state index is -0.00118. The Morgan fingerprint density at radius 2 is 2.37 bits per heavy atom. The number of anilines is 1. The second kappa shape index (κ2) is 6.35. The molecule has 2 rings (SSSR count). The Hall–Kier alpha value is -1.13. The van der Waals surface area contributed by atoms with Gasteiger partial charge in [0.25, 0.3) is 0 Å². The lowest BCUT2D eigenvalue weighted by molar-refractivity contribution is -0.0526. The molecule has 1 fully saturated rings. The van der Waals surface area contributed by atoms with Crippen LogP contribution in [0.4, 0.5) is 5.82 Å². The van der Waals surface area contributed by atoms with Gasteiger partial charge >= 0.3 is 0 Å². The SMILES string of the molecule is CCNc1ncccc1CN1CCCC(C)(OC)C1. The molecule has 0 spiro atoms. The Kier molecular flexibility index (Phi) is 4.77. The number of hydrogen-bond donors (Lipinski definition) is 1. The van der Waals surface area contributed by atoms with E-state index in [-0.39, 0.29) is 5.60 Å². The fourth-order valence-corrected chi connectivity index (χ4v) is 2.74. The van der Waals surface area contributed by atoms with Crippen LogP contribution in [0, 0.1) is 0 Å². The number of ether oxygens (including phenoxy) is 1. The molecule has 2 heterocycles. The quantitative estimate of drug-likeness (QED) is 0.886. The van der Waals surface area contributed by atoms with Crippen molar-refractivity contribution >= 4 is 5.82 Å². The van der Waals surface area contributed by atoms with Gasteiger partial charge in [-0.05, 0) is 39.3 Å². The molecule has 4 nitrogen and oxygen atoms in total. The largest absolute Gasteiger partial charge is 0.377 e. The lowest BCUT2D eigenvalue weighted by atomic mass is 9.94. The summed E-state index contributed by atoms with van der Waals surface area (Å²) in [6, 6.07) is 4.17. The van der Waals surface area contributed by atoms with Crippen molar-refractivity contribution in [1.82, 2.24) is 9.88 Å². The molecule has 1 aromatic rings. The Bertz CT molecular complexity index is 410. The highest BCUT2D eigenvalue weighted by atomic mass is 16.5. The number of pyridine rings is 1. The summed E-state index contributed by atoms with van der Waals surface area (Å²) in [4.78, 5) is 6.88. The van der Waals surface area contributed by atoms with Crippen LogP contribution in [0.2, 0.25) is 0 Å². The Morgan fingerprint density at radius 1 is 1.53 bits per heavy atom. The van der Waals surface area contributed by atoms with Crippen LogP contribution in [-0.2, 0) is 11.3 Å². The standard InChI is InChI=1S/C15H25N3O/c1-4-16-14-13(7-5-9-17-14)11-18-10-6-8-15(2,12-18)19-3/h5,7,9H,4,6,8,10-12H2,1-3H3,(H,16,17). The minimum absolute atomic E-state index is 0.00118. The number of hydrogen-bond acceptors (Lipinski definition) is 4. The lowest BCUT2D eigenvalue weighted by Crippen LogP contribution is -2.46. The van der Waals surface area contributed by atoms with Crippen LogP contribution in [0.5, 0.6) is 0 Å². The summed E-state index contributed by atoms with van der Waals surface area (Å²) < 4.78 is 5.65. The highest BCUT2D eigenvalue weighted by Gasteiger charge is 2.30. The van der Waals surface area contributed by atoms with Gasteiger partial charge in [-0.3, -0.25) is 4.90 Å². The maximum Gasteiger partial charge on any atom is 0.130 e. The lowest BCUT2D eigenvalue weighted by Gasteiger charge is -2.39. The molecule has 1 saturated heterocycles. The molecule has 0 amide bonds. The summed E-state index contributed by atoms with van der Waals surface area (Å²) >= 11 is 0. The average Bonchev–Trinajstić information content (AvgIpc) is 2.41. The van der Waals surface area contributed by atoms with Crippen LogP contribution in [-0.4, -0.2) is 42.2 Å². The molecular weight excluding hydrogens is 238 g/mol. The molecule has 106 valence electrons. The molecule has 19 heavy (non-hydrogen) atoms. The molecule has 1 aliphatic heterocycles. The van der Waals surface area contributed by atoms with Gasteiger partial charge in [0.1, 0.15) is 5.82 Å². The first-order valence-electron chi connectivity index (χ1n) is 7.12. The van der Waals surface area contributed by atoms with Crippen LogP contribution in [0.1, 0.15) is 32.3 Å². The number of likely N-dealkylation sites (tertiary alicyclic amines) is 1. The fourth-order valence-electron chi connectivity index (χ4n) is 2.74. The average molecular weight is 263 g/mol. The van der Waals surface area contributed by atoms with E-state index in [0.29, 0.717) is 0 Å². The molecule has 0 saturated carbocycles. The van der Waals surface area contributed by atoms with E-state index in [9.17, 15) is 0 Å². The highest BCUT2D eigenvalue weighted by molar-refractivity contribution is 5.43. The van der Waals surface area contributed by atoms with Crippen molar-refractivity contribution in [1.29, 1.82) is 0 Å². The first kappa shape index (κ1) is 14.3. The Balaban J connectivity index is 2.04. The third-order valence-corrected chi connectivity index (χ3v) is 3.86. The van der Waals surface area contributed by atoms with Crippen molar-refractivity contribution in [2.45, 2.75) is 38.8 Å². The monoisotopic (exact) mass is 263 g/mol. The van der Waals surface area contributed by atoms with Gasteiger partial charge in [0.05, 0.1) is 5.60 Å². The van der Waals surface area contributed by atoms with Crippen LogP contribution < -0.4 is 5.32 Å². The molecule has 0 bridgehead atoms. The second-order valence-corrected chi connectivity index (χ2v) is 5.51. The van der Waals surface area contributed by atoms with Crippen LogP contribution >= 0.6 is 0 Å². The van der Waals surface area contributed by atoms with Crippen LogP contribution in [0.15, 0.2) is 18.3 Å². The van der Waals surface area contributed by atoms with Crippen molar-refractivity contribution in [3.8, 4) is 0 Å². The third-order valence-electron chi connectivity index (χ3n) is 3.86. The third kappa shape index (κ3) is 3.67. The Morgan fingerprint density at radius 3 is 3.11 bits per heavy atom. The smallest absolute Gasteiger partial charge is 0.130 e. The first-order chi connectivity index (χ1) is 9.17. The van der Waals surface area contributed by atoms with Gasteiger partial charge in [0.15, 0.2) is 0 Å². The van der Waals surface area contributed by atoms with E-state index in [0.717, 1.165) is 38.4 Å². The van der Waals surface area contributed by atoms with Gasteiger partial charge in [-0.2, -0.15) is 0 Å². The highest BCUT2D eigenvalue weighted by Crippen LogP contribution is 2.26. The molecule has 0 aliphatic carbocycles. The summed E-state index contributed by atoms with van der Waals surface area (Å²) in [6.07, 6.45) is 4.19. The van der Waals surface area contributed by atoms with Crippen LogP contribution in [0.25, 0.3) is 0 Å². The molecule has 1 aromatic heterocycles. The van der Waals surface area contributed by atoms with E-state index < -0.39 is 0 Å². The molecule has 1 aliphatic rings. The normalized spacial score (nSPS) is 24.4. The summed E-state index contributed by atoms with van der Waals surface area (Å²) in [6.45, 7) is 8.27. The van der Waals surface area contributed by atoms with Crippen molar-refractivity contribution in [3.63, 3.8) is 0 Å². The summed E-state index contributed by atoms with van der Waals surface area (Å²) in [5.41, 5.74) is 1.27. The molecule has 1 atom stereocenters. The zero-order valence-corrected chi connectivity index (χ0v) is 12.3. The van der Waals surface area contributed by atoms with E-state index in [2.05, 4.69) is 35.1 Å². The number of aromatic nitrogens is 1. The zero-order valence-electron chi connectivity index (χ0n) is 12.3.